The van der Waals surface area contributed by atoms with Crippen molar-refractivity contribution in [1.29, 1.82) is 0 Å². The normalized spacial score (nSPS) is 13.8. The number of thiophene rings is 1. The van der Waals surface area contributed by atoms with Crippen LogP contribution < -0.4 is 19.7 Å². The number of benzene rings is 1. The van der Waals surface area contributed by atoms with Gasteiger partial charge in [-0.3, -0.25) is 4.79 Å². The lowest BCUT2D eigenvalue weighted by Gasteiger charge is -2.31. The van der Waals surface area contributed by atoms with Gasteiger partial charge in [-0.15, -0.1) is 31.7 Å². The van der Waals surface area contributed by atoms with E-state index in [-0.39, 0.29) is 11.8 Å². The number of carbonyl (C=O) groups is 1. The Kier molecular flexibility index (Phi) is 7.85. The van der Waals surface area contributed by atoms with Gasteiger partial charge < -0.3 is 19.7 Å². The van der Waals surface area contributed by atoms with Crippen LogP contribution in [0.1, 0.15) is 12.8 Å². The molecular weight excluding hydrogens is 488 g/mol. The molecule has 37 heavy (non-hydrogen) atoms. The number of ether oxygens (including phenoxy) is 2. The van der Waals surface area contributed by atoms with Gasteiger partial charge in [0, 0.05) is 30.6 Å². The van der Waals surface area contributed by atoms with Crippen molar-refractivity contribution in [1.82, 2.24) is 25.7 Å². The van der Waals surface area contributed by atoms with Gasteiger partial charge in [0.2, 0.25) is 11.8 Å². The summed E-state index contributed by atoms with van der Waals surface area (Å²) in [6.07, 6.45) is 1.52. The maximum atomic E-state index is 12.6. The molecule has 0 radical (unpaired) electrons. The summed E-state index contributed by atoms with van der Waals surface area (Å²) in [5.74, 6) is 2.06. The number of nitrogens with one attached hydrogen (secondary N) is 1. The summed E-state index contributed by atoms with van der Waals surface area (Å²) in [5.41, 5.74) is 2.49. The lowest BCUT2D eigenvalue weighted by Crippen LogP contribution is -2.41. The van der Waals surface area contributed by atoms with Crippen molar-refractivity contribution >= 4 is 23.1 Å². The number of anilines is 1. The van der Waals surface area contributed by atoms with Crippen molar-refractivity contribution in [2.75, 3.05) is 38.3 Å². The second kappa shape index (κ2) is 11.8. The van der Waals surface area contributed by atoms with E-state index in [0.717, 1.165) is 59.3 Å². The van der Waals surface area contributed by atoms with Gasteiger partial charge in [-0.05, 0) is 54.6 Å². The fourth-order valence-electron chi connectivity index (χ4n) is 4.29. The van der Waals surface area contributed by atoms with Crippen LogP contribution in [-0.4, -0.2) is 59.7 Å². The highest BCUT2D eigenvalue weighted by Gasteiger charge is 2.25. The maximum Gasteiger partial charge on any atom is 0.233 e. The SMILES string of the molecule is COc1ccccc1-c1ccc(N2CCC(C(=O)NCCOc3ccc(-c4cccs4)nn3)CC2)nn1. The van der Waals surface area contributed by atoms with E-state index in [1.807, 2.05) is 60.0 Å². The highest BCUT2D eigenvalue weighted by Crippen LogP contribution is 2.29. The van der Waals surface area contributed by atoms with Gasteiger partial charge >= 0.3 is 0 Å². The summed E-state index contributed by atoms with van der Waals surface area (Å²) < 4.78 is 11.1. The van der Waals surface area contributed by atoms with Gasteiger partial charge in [0.25, 0.3) is 0 Å². The van der Waals surface area contributed by atoms with E-state index in [2.05, 4.69) is 30.6 Å². The molecule has 190 valence electrons. The third-order valence-electron chi connectivity index (χ3n) is 6.29. The molecule has 1 aliphatic rings. The van der Waals surface area contributed by atoms with Crippen molar-refractivity contribution in [3.05, 3.63) is 66.0 Å². The van der Waals surface area contributed by atoms with Gasteiger partial charge in [0.15, 0.2) is 5.82 Å². The van der Waals surface area contributed by atoms with Crippen LogP contribution in [0, 0.1) is 5.92 Å². The van der Waals surface area contributed by atoms with Crippen LogP contribution >= 0.6 is 11.3 Å². The minimum Gasteiger partial charge on any atom is -0.496 e. The number of amides is 1. The lowest BCUT2D eigenvalue weighted by molar-refractivity contribution is -0.125. The topological polar surface area (TPSA) is 102 Å². The Morgan fingerprint density at radius 2 is 1.78 bits per heavy atom. The Bertz CT molecular complexity index is 1290. The summed E-state index contributed by atoms with van der Waals surface area (Å²) in [6.45, 7) is 2.27. The molecule has 1 saturated heterocycles. The van der Waals surface area contributed by atoms with Gasteiger partial charge in [0.1, 0.15) is 18.1 Å². The minimum absolute atomic E-state index is 0.0260. The maximum absolute atomic E-state index is 12.6. The van der Waals surface area contributed by atoms with Gasteiger partial charge in [-0.2, -0.15) is 0 Å². The zero-order valence-electron chi connectivity index (χ0n) is 20.5. The molecule has 1 fully saturated rings. The van der Waals surface area contributed by atoms with E-state index in [1.165, 1.54) is 0 Å². The smallest absolute Gasteiger partial charge is 0.233 e. The number of aromatic nitrogens is 4. The number of para-hydroxylation sites is 1. The first-order valence-electron chi connectivity index (χ1n) is 12.2. The first-order chi connectivity index (χ1) is 18.2. The van der Waals surface area contributed by atoms with Crippen LogP contribution in [0.5, 0.6) is 11.6 Å². The molecule has 0 atom stereocenters. The second-order valence-corrected chi connectivity index (χ2v) is 9.56. The third-order valence-corrected chi connectivity index (χ3v) is 7.18. The third kappa shape index (κ3) is 6.03. The highest BCUT2D eigenvalue weighted by atomic mass is 32.1. The molecule has 1 amide bonds. The summed E-state index contributed by atoms with van der Waals surface area (Å²) in [5, 5.41) is 22.1. The standard InChI is InChI=1S/C27H28N6O3S/c1-35-23-6-3-2-5-20(23)21-8-10-25(31-29-21)33-15-12-19(13-16-33)27(34)28-14-17-36-26-11-9-22(30-32-26)24-7-4-18-37-24/h2-11,18-19H,12-17H2,1H3,(H,28,34). The van der Waals surface area contributed by atoms with Crippen molar-refractivity contribution in [2.45, 2.75) is 12.8 Å². The van der Waals surface area contributed by atoms with Gasteiger partial charge in [-0.1, -0.05) is 18.2 Å². The predicted molar refractivity (Wildman–Crippen MR) is 143 cm³/mol. The largest absolute Gasteiger partial charge is 0.496 e. The Hall–Kier alpha value is -4.05. The van der Waals surface area contributed by atoms with Gasteiger partial charge in [0.05, 0.1) is 24.2 Å². The highest BCUT2D eigenvalue weighted by molar-refractivity contribution is 7.13. The van der Waals surface area contributed by atoms with Crippen molar-refractivity contribution in [3.8, 4) is 33.5 Å². The quantitative estimate of drug-likeness (QED) is 0.332. The first-order valence-corrected chi connectivity index (χ1v) is 13.1. The Morgan fingerprint density at radius 3 is 2.49 bits per heavy atom. The Labute approximate surface area is 219 Å². The first kappa shape index (κ1) is 24.6. The van der Waals surface area contributed by atoms with Gasteiger partial charge in [-0.25, -0.2) is 0 Å². The Balaban J connectivity index is 1.05. The molecule has 1 N–H and O–H groups in total. The van der Waals surface area contributed by atoms with Crippen molar-refractivity contribution in [3.63, 3.8) is 0 Å². The van der Waals surface area contributed by atoms with E-state index >= 15 is 0 Å². The zero-order valence-corrected chi connectivity index (χ0v) is 21.4. The summed E-state index contributed by atoms with van der Waals surface area (Å²) in [7, 11) is 1.65. The summed E-state index contributed by atoms with van der Waals surface area (Å²) in [6, 6.07) is 19.3. The van der Waals surface area contributed by atoms with E-state index in [0.29, 0.717) is 19.0 Å². The van der Waals surface area contributed by atoms with Crippen LogP contribution in [0.3, 0.4) is 0 Å². The van der Waals surface area contributed by atoms with Crippen molar-refractivity contribution in [2.24, 2.45) is 5.92 Å². The number of hydrogen-bond acceptors (Lipinski definition) is 9. The molecule has 1 aromatic carbocycles. The molecule has 10 heteroatoms. The average molecular weight is 517 g/mol. The second-order valence-electron chi connectivity index (χ2n) is 8.61. The fraction of sp³-hybridized carbons (Fsp3) is 0.296. The van der Waals surface area contributed by atoms with Crippen LogP contribution in [0.15, 0.2) is 66.0 Å². The van der Waals surface area contributed by atoms with E-state index in [9.17, 15) is 4.79 Å². The predicted octanol–water partition coefficient (Wildman–Crippen LogP) is 4.08. The van der Waals surface area contributed by atoms with Crippen molar-refractivity contribution < 1.29 is 14.3 Å². The molecule has 3 aromatic heterocycles. The number of piperidine rings is 1. The summed E-state index contributed by atoms with van der Waals surface area (Å²) in [4.78, 5) is 15.9. The van der Waals surface area contributed by atoms with Crippen LogP contribution in [0.2, 0.25) is 0 Å². The van der Waals surface area contributed by atoms with Crippen LogP contribution in [0.25, 0.3) is 21.8 Å². The lowest BCUT2D eigenvalue weighted by atomic mass is 9.96. The van der Waals surface area contributed by atoms with E-state index < -0.39 is 0 Å². The number of nitrogens with zero attached hydrogens (tertiary/aromatic N) is 5. The average Bonchev–Trinajstić information content (AvgIpc) is 3.51. The number of carbonyl (C=O) groups excluding carboxylic acids is 1. The number of hydrogen-bond donors (Lipinski definition) is 1. The van der Waals surface area contributed by atoms with Crippen LogP contribution in [0.4, 0.5) is 5.82 Å². The molecule has 0 bridgehead atoms. The summed E-state index contributed by atoms with van der Waals surface area (Å²) >= 11 is 1.62. The number of rotatable bonds is 9. The molecule has 0 spiro atoms. The zero-order chi connectivity index (χ0) is 25.5. The molecule has 5 rings (SSSR count). The fourth-order valence-corrected chi connectivity index (χ4v) is 4.98. The molecule has 4 aromatic rings. The molecule has 9 nitrogen and oxygen atoms in total. The molecule has 4 heterocycles. The van der Waals surface area contributed by atoms with E-state index in [4.69, 9.17) is 9.47 Å². The van der Waals surface area contributed by atoms with Crippen LogP contribution in [-0.2, 0) is 4.79 Å². The molecule has 0 aliphatic carbocycles. The molecule has 0 saturated carbocycles. The minimum atomic E-state index is -0.0260. The number of methoxy groups -OCH3 is 1. The molecule has 1 aliphatic heterocycles. The van der Waals surface area contributed by atoms with E-state index in [1.54, 1.807) is 24.5 Å². The molecule has 0 unspecified atom stereocenters. The Morgan fingerprint density at radius 1 is 0.973 bits per heavy atom. The molecular formula is C27H28N6O3S. The monoisotopic (exact) mass is 516 g/mol.